The molecule has 3 aromatic rings. The summed E-state index contributed by atoms with van der Waals surface area (Å²) in [4.78, 5) is 19.4. The third kappa shape index (κ3) is 6.00. The van der Waals surface area contributed by atoms with Gasteiger partial charge in [-0.3, -0.25) is 9.78 Å². The lowest BCUT2D eigenvalue weighted by Gasteiger charge is -2.16. The first-order chi connectivity index (χ1) is 16.4. The molecule has 1 fully saturated rings. The molecule has 184 valence electrons. The number of carbonyl (C=O) groups is 1. The van der Waals surface area contributed by atoms with E-state index in [0.717, 1.165) is 30.3 Å². The van der Waals surface area contributed by atoms with Crippen molar-refractivity contribution in [3.8, 4) is 16.9 Å². The van der Waals surface area contributed by atoms with Gasteiger partial charge in [-0.15, -0.1) is 13.2 Å². The van der Waals surface area contributed by atoms with Crippen molar-refractivity contribution in [3.63, 3.8) is 0 Å². The van der Waals surface area contributed by atoms with Gasteiger partial charge in [-0.05, 0) is 47.4 Å². The van der Waals surface area contributed by atoms with Gasteiger partial charge in [0.15, 0.2) is 0 Å². The van der Waals surface area contributed by atoms with E-state index in [1.54, 1.807) is 0 Å². The Hall–Kier alpha value is -3.83. The highest BCUT2D eigenvalue weighted by Crippen LogP contribution is 2.46. The van der Waals surface area contributed by atoms with E-state index < -0.39 is 35.7 Å². The zero-order chi connectivity index (χ0) is 25.4. The molecule has 6 nitrogen and oxygen atoms in total. The van der Waals surface area contributed by atoms with E-state index in [1.807, 2.05) is 0 Å². The molecule has 0 saturated heterocycles. The number of nitrogens with zero attached hydrogens (tertiary/aromatic N) is 2. The SMILES string of the molecule is O=C(O)[C@H]1C[C@@H]1c1cnc(NCc2ccc(C(F)(F)F)c(-c3ccc(OC(F)(F)F)cc3)c2)cn1. The van der Waals surface area contributed by atoms with E-state index in [9.17, 15) is 31.1 Å². The Morgan fingerprint density at radius 2 is 1.74 bits per heavy atom. The lowest BCUT2D eigenvalue weighted by Crippen LogP contribution is -2.17. The standard InChI is InChI=1S/C23H17F6N3O3/c24-22(25,26)18-6-1-12(7-15(18)13-2-4-14(5-3-13)35-23(27,28)29)9-31-20-11-30-19(10-32-20)16-8-17(16)21(33)34/h1-7,10-11,16-17H,8-9H2,(H,31,32)(H,33,34)/t16-,17-/m0/s1. The van der Waals surface area contributed by atoms with Crippen LogP contribution in [0.2, 0.25) is 0 Å². The molecule has 2 aromatic carbocycles. The topological polar surface area (TPSA) is 84.3 Å². The van der Waals surface area contributed by atoms with Crippen molar-refractivity contribution >= 4 is 11.8 Å². The quantitative estimate of drug-likeness (QED) is 0.398. The minimum Gasteiger partial charge on any atom is -0.481 e. The fraction of sp³-hybridized carbons (Fsp3) is 0.261. The van der Waals surface area contributed by atoms with Crippen LogP contribution in [0.4, 0.5) is 32.2 Å². The van der Waals surface area contributed by atoms with E-state index in [4.69, 9.17) is 5.11 Å². The minimum atomic E-state index is -4.91. The van der Waals surface area contributed by atoms with Crippen LogP contribution in [-0.2, 0) is 17.5 Å². The van der Waals surface area contributed by atoms with Crippen LogP contribution in [0.3, 0.4) is 0 Å². The van der Waals surface area contributed by atoms with Crippen molar-refractivity contribution in [2.75, 3.05) is 5.32 Å². The molecule has 0 aliphatic heterocycles. The highest BCUT2D eigenvalue weighted by Gasteiger charge is 2.45. The molecule has 0 amide bonds. The third-order valence-electron chi connectivity index (χ3n) is 5.42. The molecule has 4 rings (SSSR count). The number of alkyl halides is 6. The molecule has 1 aliphatic rings. The molecular weight excluding hydrogens is 480 g/mol. The van der Waals surface area contributed by atoms with Crippen molar-refractivity contribution in [2.45, 2.75) is 31.4 Å². The zero-order valence-corrected chi connectivity index (χ0v) is 17.7. The largest absolute Gasteiger partial charge is 0.573 e. The number of halogens is 6. The summed E-state index contributed by atoms with van der Waals surface area (Å²) < 4.78 is 81.5. The first kappa shape index (κ1) is 24.3. The molecule has 35 heavy (non-hydrogen) atoms. The molecule has 0 bridgehead atoms. The van der Waals surface area contributed by atoms with Crippen LogP contribution >= 0.6 is 0 Å². The molecule has 1 heterocycles. The summed E-state index contributed by atoms with van der Waals surface area (Å²) in [6, 6.07) is 7.60. The summed E-state index contributed by atoms with van der Waals surface area (Å²) in [7, 11) is 0. The summed E-state index contributed by atoms with van der Waals surface area (Å²) in [5.41, 5.74) is -0.0619. The second kappa shape index (κ2) is 9.08. The van der Waals surface area contributed by atoms with Crippen LogP contribution in [0.15, 0.2) is 54.9 Å². The normalized spacial score (nSPS) is 17.7. The number of aromatic nitrogens is 2. The molecule has 1 aliphatic carbocycles. The lowest BCUT2D eigenvalue weighted by atomic mass is 9.96. The fourth-order valence-corrected chi connectivity index (χ4v) is 3.63. The minimum absolute atomic E-state index is 0.0651. The third-order valence-corrected chi connectivity index (χ3v) is 5.42. The smallest absolute Gasteiger partial charge is 0.481 e. The van der Waals surface area contributed by atoms with Gasteiger partial charge in [0.25, 0.3) is 0 Å². The van der Waals surface area contributed by atoms with Crippen LogP contribution in [0.1, 0.15) is 29.2 Å². The van der Waals surface area contributed by atoms with E-state index in [-0.39, 0.29) is 23.6 Å². The zero-order valence-electron chi connectivity index (χ0n) is 17.7. The summed E-state index contributed by atoms with van der Waals surface area (Å²) >= 11 is 0. The Morgan fingerprint density at radius 3 is 2.29 bits per heavy atom. The predicted octanol–water partition coefficient (Wildman–Crippen LogP) is 5.86. The second-order valence-corrected chi connectivity index (χ2v) is 7.92. The summed E-state index contributed by atoms with van der Waals surface area (Å²) in [6.45, 7) is 0.0929. The Labute approximate surface area is 194 Å². The molecule has 1 saturated carbocycles. The maximum atomic E-state index is 13.6. The van der Waals surface area contributed by atoms with Crippen LogP contribution in [0.25, 0.3) is 11.1 Å². The van der Waals surface area contributed by atoms with Gasteiger partial charge in [0.05, 0.1) is 29.6 Å². The number of nitrogens with one attached hydrogen (secondary N) is 1. The first-order valence-electron chi connectivity index (χ1n) is 10.3. The Balaban J connectivity index is 1.50. The average molecular weight is 497 g/mol. The maximum Gasteiger partial charge on any atom is 0.573 e. The molecule has 0 spiro atoms. The maximum absolute atomic E-state index is 13.6. The molecule has 2 atom stereocenters. The van der Waals surface area contributed by atoms with Crippen LogP contribution < -0.4 is 10.1 Å². The van der Waals surface area contributed by atoms with Crippen molar-refractivity contribution < 1.29 is 41.0 Å². The fourth-order valence-electron chi connectivity index (χ4n) is 3.63. The van der Waals surface area contributed by atoms with Gasteiger partial charge in [-0.25, -0.2) is 4.98 Å². The van der Waals surface area contributed by atoms with E-state index >= 15 is 0 Å². The van der Waals surface area contributed by atoms with Crippen molar-refractivity contribution in [1.29, 1.82) is 0 Å². The summed E-state index contributed by atoms with van der Waals surface area (Å²) in [5, 5.41) is 11.9. The Bertz CT molecular complexity index is 1210. The highest BCUT2D eigenvalue weighted by molar-refractivity contribution is 5.75. The van der Waals surface area contributed by atoms with Gasteiger partial charge in [0.2, 0.25) is 0 Å². The first-order valence-corrected chi connectivity index (χ1v) is 10.3. The van der Waals surface area contributed by atoms with E-state index in [1.165, 1.54) is 24.5 Å². The number of carboxylic acids is 1. The highest BCUT2D eigenvalue weighted by atomic mass is 19.4. The van der Waals surface area contributed by atoms with Crippen molar-refractivity contribution in [2.24, 2.45) is 5.92 Å². The second-order valence-electron chi connectivity index (χ2n) is 7.92. The van der Waals surface area contributed by atoms with Gasteiger partial charge in [-0.1, -0.05) is 18.2 Å². The number of benzene rings is 2. The molecular formula is C23H17F6N3O3. The molecule has 1 aromatic heterocycles. The van der Waals surface area contributed by atoms with Gasteiger partial charge in [0, 0.05) is 12.5 Å². The Morgan fingerprint density at radius 1 is 1.03 bits per heavy atom. The molecule has 12 heteroatoms. The summed E-state index contributed by atoms with van der Waals surface area (Å²) in [6.07, 6.45) is -6.23. The average Bonchev–Trinajstić information content (AvgIpc) is 3.58. The van der Waals surface area contributed by atoms with Gasteiger partial charge < -0.3 is 15.2 Å². The van der Waals surface area contributed by atoms with Crippen molar-refractivity contribution in [1.82, 2.24) is 9.97 Å². The van der Waals surface area contributed by atoms with Crippen LogP contribution in [0.5, 0.6) is 5.75 Å². The number of hydrogen-bond donors (Lipinski definition) is 2. The van der Waals surface area contributed by atoms with Crippen LogP contribution in [0, 0.1) is 5.92 Å². The monoisotopic (exact) mass is 497 g/mol. The predicted molar refractivity (Wildman–Crippen MR) is 111 cm³/mol. The van der Waals surface area contributed by atoms with Crippen molar-refractivity contribution in [3.05, 3.63) is 71.7 Å². The number of carboxylic acid groups (broad SMARTS) is 1. The number of rotatable bonds is 7. The van der Waals surface area contributed by atoms with Crippen LogP contribution in [-0.4, -0.2) is 27.4 Å². The Kier molecular flexibility index (Phi) is 6.30. The van der Waals surface area contributed by atoms with Gasteiger partial charge >= 0.3 is 18.5 Å². The number of aliphatic carboxylic acids is 1. The summed E-state index contributed by atoms with van der Waals surface area (Å²) in [5.74, 6) is -1.74. The number of ether oxygens (including phenoxy) is 1. The number of anilines is 1. The number of hydrogen-bond acceptors (Lipinski definition) is 5. The van der Waals surface area contributed by atoms with E-state index in [0.29, 0.717) is 23.5 Å². The lowest BCUT2D eigenvalue weighted by molar-refractivity contribution is -0.274. The molecule has 2 N–H and O–H groups in total. The van der Waals surface area contributed by atoms with Gasteiger partial charge in [0.1, 0.15) is 11.6 Å². The molecule has 0 radical (unpaired) electrons. The van der Waals surface area contributed by atoms with E-state index in [2.05, 4.69) is 20.0 Å². The molecule has 0 unspecified atom stereocenters. The van der Waals surface area contributed by atoms with Gasteiger partial charge in [-0.2, -0.15) is 13.2 Å².